The van der Waals surface area contributed by atoms with Crippen molar-refractivity contribution in [2.45, 2.75) is 25.4 Å². The van der Waals surface area contributed by atoms with Crippen LogP contribution in [0.2, 0.25) is 0 Å². The average molecular weight is 288 g/mol. The molecular weight excluding hydrogens is 274 g/mol. The van der Waals surface area contributed by atoms with E-state index in [9.17, 15) is 13.6 Å². The second kappa shape index (κ2) is 5.64. The molecule has 0 spiro atoms. The van der Waals surface area contributed by atoms with Crippen molar-refractivity contribution < 1.29 is 18.3 Å². The Labute approximate surface area is 121 Å². The van der Waals surface area contributed by atoms with Crippen LogP contribution in [0.1, 0.15) is 28.8 Å². The number of carbonyl (C=O) groups is 1. The van der Waals surface area contributed by atoms with Gasteiger partial charge in [0.15, 0.2) is 17.4 Å². The number of hydrogen-bond acceptors (Lipinski definition) is 2. The highest BCUT2D eigenvalue weighted by molar-refractivity contribution is 5.97. The van der Waals surface area contributed by atoms with Crippen molar-refractivity contribution in [3.63, 3.8) is 0 Å². The molecule has 108 valence electrons. The van der Waals surface area contributed by atoms with E-state index in [2.05, 4.69) is 0 Å². The van der Waals surface area contributed by atoms with Crippen LogP contribution >= 0.6 is 0 Å². The smallest absolute Gasteiger partial charge is 0.167 e. The van der Waals surface area contributed by atoms with E-state index in [0.29, 0.717) is 16.9 Å². The molecular formula is C17H14F2O2. The predicted molar refractivity (Wildman–Crippen MR) is 74.5 cm³/mol. The number of halogens is 2. The second-order valence-corrected chi connectivity index (χ2v) is 5.19. The van der Waals surface area contributed by atoms with E-state index < -0.39 is 11.6 Å². The number of rotatable bonds is 5. The predicted octanol–water partition coefficient (Wildman–Crippen LogP) is 3.93. The first-order valence-corrected chi connectivity index (χ1v) is 6.85. The Kier molecular flexibility index (Phi) is 3.69. The minimum atomic E-state index is -0.939. The van der Waals surface area contributed by atoms with Crippen molar-refractivity contribution in [2.24, 2.45) is 0 Å². The highest BCUT2D eigenvalue weighted by atomic mass is 19.2. The molecule has 2 aromatic carbocycles. The molecule has 1 fully saturated rings. The van der Waals surface area contributed by atoms with Gasteiger partial charge in [0.1, 0.15) is 5.75 Å². The molecule has 4 heteroatoms. The van der Waals surface area contributed by atoms with E-state index in [0.717, 1.165) is 25.0 Å². The number of hydrogen-bond donors (Lipinski definition) is 0. The molecule has 0 amide bonds. The highest BCUT2D eigenvalue weighted by Gasteiger charge is 2.23. The third-order valence-corrected chi connectivity index (χ3v) is 3.33. The van der Waals surface area contributed by atoms with Crippen LogP contribution in [0.15, 0.2) is 42.5 Å². The van der Waals surface area contributed by atoms with Crippen molar-refractivity contribution in [3.05, 3.63) is 65.2 Å². The molecule has 2 aromatic rings. The van der Waals surface area contributed by atoms with Crippen molar-refractivity contribution in [1.29, 1.82) is 0 Å². The zero-order chi connectivity index (χ0) is 14.8. The fraction of sp³-hybridized carbons (Fsp3) is 0.235. The molecule has 0 radical (unpaired) electrons. The monoisotopic (exact) mass is 288 g/mol. The summed E-state index contributed by atoms with van der Waals surface area (Å²) in [5.41, 5.74) is 0.963. The minimum Gasteiger partial charge on any atom is -0.490 e. The van der Waals surface area contributed by atoms with Gasteiger partial charge in [-0.3, -0.25) is 4.79 Å². The molecule has 2 nitrogen and oxygen atoms in total. The van der Waals surface area contributed by atoms with Gasteiger partial charge in [0.25, 0.3) is 0 Å². The molecule has 0 N–H and O–H groups in total. The van der Waals surface area contributed by atoms with Gasteiger partial charge < -0.3 is 4.74 Å². The largest absolute Gasteiger partial charge is 0.490 e. The van der Waals surface area contributed by atoms with Gasteiger partial charge in [0.2, 0.25) is 0 Å². The van der Waals surface area contributed by atoms with Gasteiger partial charge in [-0.1, -0.05) is 18.2 Å². The normalized spacial score (nSPS) is 14.0. The van der Waals surface area contributed by atoms with E-state index in [1.165, 1.54) is 6.07 Å². The summed E-state index contributed by atoms with van der Waals surface area (Å²) in [4.78, 5) is 12.2. The molecule has 1 aliphatic rings. The number of benzene rings is 2. The fourth-order valence-corrected chi connectivity index (χ4v) is 2.06. The van der Waals surface area contributed by atoms with E-state index in [1.807, 2.05) is 6.07 Å². The Morgan fingerprint density at radius 1 is 1.10 bits per heavy atom. The molecule has 0 bridgehead atoms. The summed E-state index contributed by atoms with van der Waals surface area (Å²) in [6.45, 7) is 0. The van der Waals surface area contributed by atoms with Gasteiger partial charge in [0.05, 0.1) is 6.10 Å². The molecule has 1 aliphatic carbocycles. The third kappa shape index (κ3) is 3.45. The Balaban J connectivity index is 1.73. The third-order valence-electron chi connectivity index (χ3n) is 3.33. The van der Waals surface area contributed by atoms with Crippen LogP contribution in [-0.2, 0) is 6.42 Å². The average Bonchev–Trinajstić information content (AvgIpc) is 3.27. The lowest BCUT2D eigenvalue weighted by Gasteiger charge is -2.07. The van der Waals surface area contributed by atoms with E-state index in [-0.39, 0.29) is 18.3 Å². The maximum absolute atomic E-state index is 13.1. The summed E-state index contributed by atoms with van der Waals surface area (Å²) in [5.74, 6) is -1.33. The molecule has 0 aromatic heterocycles. The Hall–Kier alpha value is -2.23. The zero-order valence-corrected chi connectivity index (χ0v) is 11.3. The Bertz CT molecular complexity index is 678. The molecule has 0 unspecified atom stereocenters. The Morgan fingerprint density at radius 3 is 2.62 bits per heavy atom. The SMILES string of the molecule is O=C(Cc1ccc(F)c(F)c1)c1cccc(OC2CC2)c1. The lowest BCUT2D eigenvalue weighted by atomic mass is 10.0. The lowest BCUT2D eigenvalue weighted by Crippen LogP contribution is -2.05. The van der Waals surface area contributed by atoms with Crippen LogP contribution in [0, 0.1) is 11.6 Å². The maximum atomic E-state index is 13.1. The van der Waals surface area contributed by atoms with Crippen molar-refractivity contribution >= 4 is 5.78 Å². The molecule has 1 saturated carbocycles. The molecule has 3 rings (SSSR count). The van der Waals surface area contributed by atoms with Crippen LogP contribution in [0.5, 0.6) is 5.75 Å². The van der Waals surface area contributed by atoms with Gasteiger partial charge in [-0.15, -0.1) is 0 Å². The van der Waals surface area contributed by atoms with Crippen LogP contribution < -0.4 is 4.74 Å². The summed E-state index contributed by atoms with van der Waals surface area (Å²) in [7, 11) is 0. The summed E-state index contributed by atoms with van der Waals surface area (Å²) in [6.07, 6.45) is 2.39. The lowest BCUT2D eigenvalue weighted by molar-refractivity contribution is 0.0992. The number of Topliss-reactive ketones (excluding diaryl/α,β-unsaturated/α-hetero) is 1. The summed E-state index contributed by atoms with van der Waals surface area (Å²) in [5, 5.41) is 0. The number of ether oxygens (including phenoxy) is 1. The van der Waals surface area contributed by atoms with Gasteiger partial charge >= 0.3 is 0 Å². The summed E-state index contributed by atoms with van der Waals surface area (Å²) in [6, 6.07) is 10.5. The first-order valence-electron chi connectivity index (χ1n) is 6.85. The van der Waals surface area contributed by atoms with Gasteiger partial charge in [0, 0.05) is 12.0 Å². The van der Waals surface area contributed by atoms with E-state index >= 15 is 0 Å². The first kappa shape index (κ1) is 13.7. The molecule has 0 aliphatic heterocycles. The standard InChI is InChI=1S/C17H14F2O2/c18-15-7-4-11(8-16(15)19)9-17(20)12-2-1-3-14(10-12)21-13-5-6-13/h1-4,7-8,10,13H,5-6,9H2. The van der Waals surface area contributed by atoms with Crippen LogP contribution in [0.3, 0.4) is 0 Å². The van der Waals surface area contributed by atoms with Crippen molar-refractivity contribution in [1.82, 2.24) is 0 Å². The summed E-state index contributed by atoms with van der Waals surface area (Å²) < 4.78 is 31.6. The minimum absolute atomic E-state index is 0.0318. The highest BCUT2D eigenvalue weighted by Crippen LogP contribution is 2.27. The molecule has 0 saturated heterocycles. The summed E-state index contributed by atoms with van der Waals surface area (Å²) >= 11 is 0. The van der Waals surface area contributed by atoms with Crippen LogP contribution in [0.25, 0.3) is 0 Å². The second-order valence-electron chi connectivity index (χ2n) is 5.19. The van der Waals surface area contributed by atoms with E-state index in [4.69, 9.17) is 4.74 Å². The fourth-order valence-electron chi connectivity index (χ4n) is 2.06. The molecule has 21 heavy (non-hydrogen) atoms. The van der Waals surface area contributed by atoms with E-state index in [1.54, 1.807) is 18.2 Å². The van der Waals surface area contributed by atoms with Crippen LogP contribution in [-0.4, -0.2) is 11.9 Å². The topological polar surface area (TPSA) is 26.3 Å². The van der Waals surface area contributed by atoms with Gasteiger partial charge in [-0.2, -0.15) is 0 Å². The number of ketones is 1. The first-order chi connectivity index (χ1) is 10.1. The van der Waals surface area contributed by atoms with Gasteiger partial charge in [-0.25, -0.2) is 8.78 Å². The quantitative estimate of drug-likeness (QED) is 0.779. The van der Waals surface area contributed by atoms with Crippen molar-refractivity contribution in [3.8, 4) is 5.75 Å². The van der Waals surface area contributed by atoms with Crippen molar-refractivity contribution in [2.75, 3.05) is 0 Å². The number of carbonyl (C=O) groups excluding carboxylic acids is 1. The van der Waals surface area contributed by atoms with Gasteiger partial charge in [-0.05, 0) is 42.7 Å². The maximum Gasteiger partial charge on any atom is 0.167 e. The Morgan fingerprint density at radius 2 is 1.90 bits per heavy atom. The molecule has 0 atom stereocenters. The molecule has 0 heterocycles. The zero-order valence-electron chi connectivity index (χ0n) is 11.3. The van der Waals surface area contributed by atoms with Crippen LogP contribution in [0.4, 0.5) is 8.78 Å².